The zero-order valence-corrected chi connectivity index (χ0v) is 76.7. The Kier molecular flexibility index (Phi) is 33.9. The lowest BCUT2D eigenvalue weighted by molar-refractivity contribution is -0.334. The van der Waals surface area contributed by atoms with E-state index in [1.165, 1.54) is 51.2 Å². The van der Waals surface area contributed by atoms with Gasteiger partial charge in [0.05, 0.1) is 53.5 Å². The SMILES string of the molecule is CN[C@H](CC(C)C)C(=O)N[C@H]1C(=O)N[C@@H](CC(N)=O)C(=O)N[C@H]2C(=O)N[C@H]3C(=O)N[C@H](C(=O)NC(C(=O)O)c4cc(O)cc(O)c4-c4cc3ccc4O)[C@H](O[C@H]3C[C@](C)(N)[C@@H](O)[C@H](C)O3)c3ccc(c(Cl)c3)Oc3cc2cc(c3O[C@@H]2O[C@H](CO)[C@@H](O)[C@H](O)[C@H]2O[C@H]2C[C@](C)(NCc3ccc(-c4ccc(Cl)cc4)cc3)[C@@H](O)[C@H](C)O2)Oc2ccc(cc2Cl)[C@H]1O.O=P(O)(O)O.O=P(O)(O)O. The van der Waals surface area contributed by atoms with Crippen LogP contribution in [0, 0.1) is 5.92 Å². The lowest BCUT2D eigenvalue weighted by Gasteiger charge is -2.48. The van der Waals surface area contributed by atoms with Crippen molar-refractivity contribution in [2.24, 2.45) is 17.4 Å². The summed E-state index contributed by atoms with van der Waals surface area (Å²) in [6, 6.07) is 14.5. The summed E-state index contributed by atoms with van der Waals surface area (Å²) in [6.45, 7) is 9.06. The summed E-state index contributed by atoms with van der Waals surface area (Å²) in [7, 11) is -7.80. The molecule has 135 heavy (non-hydrogen) atoms. The maximum Gasteiger partial charge on any atom is 0.466 e. The molecule has 732 valence electrons. The minimum Gasteiger partial charge on any atom is -0.508 e. The predicted molar refractivity (Wildman–Crippen MR) is 474 cm³/mol. The van der Waals surface area contributed by atoms with Gasteiger partial charge in [-0.15, -0.1) is 0 Å². The van der Waals surface area contributed by atoms with Crippen LogP contribution >= 0.6 is 50.4 Å². The summed E-state index contributed by atoms with van der Waals surface area (Å²) in [5, 5.41) is 138. The molecule has 7 amide bonds. The highest BCUT2D eigenvalue weighted by Gasteiger charge is 2.53. The number of phosphoric acid groups is 2. The summed E-state index contributed by atoms with van der Waals surface area (Å²) in [5.74, 6) is -16.1. The van der Waals surface area contributed by atoms with Crippen molar-refractivity contribution in [3.8, 4) is 68.2 Å². The van der Waals surface area contributed by atoms with E-state index in [2.05, 4.69) is 42.5 Å². The van der Waals surface area contributed by atoms with E-state index in [9.17, 15) is 65.4 Å². The number of nitrogens with two attached hydrogens (primary N) is 2. The van der Waals surface area contributed by atoms with E-state index in [4.69, 9.17) is 123 Å². The molecule has 11 bridgehead atoms. The largest absolute Gasteiger partial charge is 0.508 e. The first-order valence-electron chi connectivity index (χ1n) is 41.6. The molecule has 8 aliphatic heterocycles. The van der Waals surface area contributed by atoms with Crippen LogP contribution in [0.3, 0.4) is 0 Å². The van der Waals surface area contributed by atoms with Gasteiger partial charge in [0.2, 0.25) is 53.4 Å². The molecule has 28 N–H and O–H groups in total. The van der Waals surface area contributed by atoms with Gasteiger partial charge < -0.3 is 172 Å². The predicted octanol–water partition coefficient (Wildman–Crippen LogP) is 2.64. The van der Waals surface area contributed by atoms with Crippen molar-refractivity contribution in [1.29, 1.82) is 0 Å². The van der Waals surface area contributed by atoms with Gasteiger partial charge >= 0.3 is 21.6 Å². The first-order valence-corrected chi connectivity index (χ1v) is 45.9. The summed E-state index contributed by atoms with van der Waals surface area (Å²) < 4.78 is 70.7. The number of phenols is 3. The minimum atomic E-state index is -4.64. The number of rotatable bonds is 19. The highest BCUT2D eigenvalue weighted by Crippen LogP contribution is 2.51. The van der Waals surface area contributed by atoms with Crippen LogP contribution in [0.1, 0.15) is 131 Å². The molecular weight excluding hydrogens is 1890 g/mol. The summed E-state index contributed by atoms with van der Waals surface area (Å²) >= 11 is 20.8. The number of carboxylic acids is 1. The lowest BCUT2D eigenvalue weighted by Crippen LogP contribution is -2.65. The molecule has 1 unspecified atom stereocenters. The summed E-state index contributed by atoms with van der Waals surface area (Å²) in [6.07, 6.45) is -23.0. The quantitative estimate of drug-likeness (QED) is 0.0517. The lowest BCUT2D eigenvalue weighted by atomic mass is 9.84. The minimum absolute atomic E-state index is 0.119. The fraction of sp³-hybridized carbons (Fsp3) is 0.419. The van der Waals surface area contributed by atoms with Crippen LogP contribution in [0.15, 0.2) is 127 Å². The number of aliphatic carboxylic acids is 1. The zero-order chi connectivity index (χ0) is 99.3. The van der Waals surface area contributed by atoms with Gasteiger partial charge in [0.1, 0.15) is 89.5 Å². The standard InChI is InChI=1S/C86H97Cl3N10O26.2H3O4P/c1-35(2)22-51(92-7)77(110)98-67-69(105)42-15-20-55(49(88)24-42)120-57-26-44-27-58(73(57)125-84-74(71(107)70(106)59(34-100)122-84)124-62-32-86(6,76(109)37(4)119-62)93-33-38-8-10-39(11-9-38)40-12-17-45(87)18-13-40)121-56-21-16-43(25-50(56)89)72(123-61-31-85(5,91)75(108)36(3)118-61)68-82(115)97-66(83(116)117)48-28-46(101)29-54(103)63(48)47-23-41(14-19-53(47)102)64(79(112)99-68)96-80(113)65(44)95-78(111)52(30-60(90)104)94-81(67)114;2*1-5(2,3)4/h8-21,23-29,35-37,51-52,59,61-62,64-72,74-76,84,92-93,100-103,105-109H,22,30-34,91H2,1-7H3,(H2,90,104)(H,94,114)(H,95,111)(H,96,113)(H,97,115)(H,98,110)(H,99,112)(H,116,117);2*(H3,1,2,3,4)/t36-,37-,51+,52-,59+,61-,62-,64+,65+,66?,67+,68-,69+,70+,71-,72+,74+,75-,76-,84-,85-,86-;;/m0../s1. The molecule has 0 spiro atoms. The van der Waals surface area contributed by atoms with Crippen molar-refractivity contribution in [3.63, 3.8) is 0 Å². The van der Waals surface area contributed by atoms with Crippen LogP contribution < -0.4 is 68.2 Å². The van der Waals surface area contributed by atoms with Crippen molar-refractivity contribution in [1.82, 2.24) is 42.5 Å². The molecular formula is C86H103Cl3N10O34P2. The Morgan fingerprint density at radius 1 is 0.615 bits per heavy atom. The highest BCUT2D eigenvalue weighted by molar-refractivity contribution is 7.45. The van der Waals surface area contributed by atoms with Gasteiger partial charge in [-0.25, -0.2) is 13.9 Å². The van der Waals surface area contributed by atoms with E-state index in [1.807, 2.05) is 50.2 Å². The van der Waals surface area contributed by atoms with Gasteiger partial charge in [0.25, 0.3) is 0 Å². The van der Waals surface area contributed by atoms with Crippen molar-refractivity contribution < 1.29 is 166 Å². The van der Waals surface area contributed by atoms with E-state index < -0.39 is 277 Å². The van der Waals surface area contributed by atoms with Gasteiger partial charge in [0, 0.05) is 58.2 Å². The number of hydrogen-bond acceptors (Lipinski definition) is 30. The van der Waals surface area contributed by atoms with Crippen LogP contribution in [0.4, 0.5) is 0 Å². The molecule has 8 heterocycles. The molecule has 49 heteroatoms. The zero-order valence-electron chi connectivity index (χ0n) is 72.7. The van der Waals surface area contributed by atoms with Gasteiger partial charge in [-0.2, -0.15) is 0 Å². The van der Waals surface area contributed by atoms with Crippen molar-refractivity contribution in [2.75, 3.05) is 13.7 Å². The molecule has 0 aromatic heterocycles. The van der Waals surface area contributed by atoms with Crippen molar-refractivity contribution in [2.45, 2.75) is 207 Å². The number of phenolic OH excluding ortho intramolecular Hbond substituents is 3. The number of likely N-dealkylation sites (N-methyl/N-ethyl adjacent to an activating group) is 1. The van der Waals surface area contributed by atoms with E-state index in [0.717, 1.165) is 65.2 Å². The number of hydrogen-bond donors (Lipinski definition) is 26. The molecule has 0 aliphatic carbocycles. The second-order valence-corrected chi connectivity index (χ2v) is 37.1. The fourth-order valence-electron chi connectivity index (χ4n) is 16.2. The normalized spacial score (nSPS) is 28.4. The van der Waals surface area contributed by atoms with Crippen molar-refractivity contribution >= 4 is 97.8 Å². The number of halogens is 3. The topological polar surface area (TPSA) is 717 Å². The smallest absolute Gasteiger partial charge is 0.466 e. The monoisotopic (exact) mass is 1990 g/mol. The first kappa shape index (κ1) is 105. The third-order valence-electron chi connectivity index (χ3n) is 22.9. The Morgan fingerprint density at radius 3 is 1.73 bits per heavy atom. The van der Waals surface area contributed by atoms with E-state index in [-0.39, 0.29) is 59.2 Å². The number of aromatic hydroxyl groups is 3. The van der Waals surface area contributed by atoms with Gasteiger partial charge in [0.15, 0.2) is 36.2 Å². The Morgan fingerprint density at radius 2 is 1.16 bits per heavy atom. The number of primary amides is 1. The fourth-order valence-corrected chi connectivity index (χ4v) is 16.7. The van der Waals surface area contributed by atoms with E-state index in [1.54, 1.807) is 26.0 Å². The average Bonchev–Trinajstić information content (AvgIpc) is 0.759. The average molecular weight is 1990 g/mol. The Hall–Kier alpha value is -10.4. The Bertz CT molecular complexity index is 5620. The van der Waals surface area contributed by atoms with Gasteiger partial charge in [-0.05, 0) is 153 Å². The molecule has 0 saturated carbocycles. The molecule has 22 atom stereocenters. The maximum atomic E-state index is 16.6. The van der Waals surface area contributed by atoms with Crippen molar-refractivity contribution in [3.05, 3.63) is 176 Å². The maximum absolute atomic E-state index is 16.6. The number of aliphatic hydroxyl groups is 6. The number of carboxylic acid groups (broad SMARTS) is 1. The van der Waals surface area contributed by atoms with E-state index >= 15 is 24.0 Å². The molecule has 7 aromatic rings. The second kappa shape index (κ2) is 43.5. The van der Waals surface area contributed by atoms with Crippen LogP contribution in [0.25, 0.3) is 22.3 Å². The highest BCUT2D eigenvalue weighted by atomic mass is 35.5. The second-order valence-electron chi connectivity index (χ2n) is 33.7. The molecule has 7 aromatic carbocycles. The number of nitrogens with one attached hydrogen (secondary N) is 8. The number of fused-ring (bicyclic) bond motifs is 15. The van der Waals surface area contributed by atoms with Crippen LogP contribution in [-0.4, -0.2) is 244 Å². The molecule has 0 radical (unpaired) electrons. The third-order valence-corrected chi connectivity index (χ3v) is 23.8. The van der Waals surface area contributed by atoms with Crippen LogP contribution in [0.2, 0.25) is 15.1 Å². The van der Waals surface area contributed by atoms with Crippen LogP contribution in [-0.2, 0) is 77.7 Å². The van der Waals surface area contributed by atoms with Gasteiger partial charge in [-0.3, -0.25) is 33.6 Å². The molecule has 44 nitrogen and oxygen atoms in total. The Labute approximate surface area is 784 Å². The summed E-state index contributed by atoms with van der Waals surface area (Å²) in [4.78, 5) is 164. The number of aliphatic hydroxyl groups excluding tert-OH is 6. The molecule has 3 saturated heterocycles. The third kappa shape index (κ3) is 26.1. The number of amides is 7. The first-order chi connectivity index (χ1) is 63.2. The Balaban J connectivity index is 0.00000166. The van der Waals surface area contributed by atoms with Gasteiger partial charge in [-0.1, -0.05) is 103 Å². The van der Waals surface area contributed by atoms with E-state index in [0.29, 0.717) is 5.02 Å². The number of ether oxygens (including phenoxy) is 8. The molecule has 15 rings (SSSR count). The molecule has 3 fully saturated rings. The van der Waals surface area contributed by atoms with Crippen LogP contribution in [0.5, 0.6) is 46.0 Å². The number of carbonyl (C=O) groups is 8. The summed E-state index contributed by atoms with van der Waals surface area (Å²) in [5.41, 5.74) is 9.60. The number of carbonyl (C=O) groups excluding carboxylic acids is 7. The molecule has 8 aliphatic rings. The number of benzene rings is 7.